The molecular formula is C5H3N5O2. The number of nitrogens with zero attached hydrogens (tertiary/aromatic N) is 4. The van der Waals surface area contributed by atoms with Crippen LogP contribution in [-0.2, 0) is 0 Å². The summed E-state index contributed by atoms with van der Waals surface area (Å²) in [5, 5.41) is 19.8. The Morgan fingerprint density at radius 3 is 3.17 bits per heavy atom. The minimum Gasteiger partial charge on any atom is -0.258 e. The Balaban J connectivity index is 2.68. The summed E-state index contributed by atoms with van der Waals surface area (Å²) in [6.07, 6.45) is 1.14. The lowest BCUT2D eigenvalue weighted by Crippen LogP contribution is -1.88. The topological polar surface area (TPSA) is 97.6 Å². The van der Waals surface area contributed by atoms with Gasteiger partial charge in [0.25, 0.3) is 5.69 Å². The first-order valence-corrected chi connectivity index (χ1v) is 3.08. The highest BCUT2D eigenvalue weighted by Gasteiger charge is 2.08. The Hall–Kier alpha value is -2.05. The fourth-order valence-corrected chi connectivity index (χ4v) is 0.835. The van der Waals surface area contributed by atoms with Gasteiger partial charge in [-0.05, 0) is 0 Å². The third-order valence-corrected chi connectivity index (χ3v) is 1.38. The molecule has 7 nitrogen and oxygen atoms in total. The van der Waals surface area contributed by atoms with Crippen molar-refractivity contribution in [2.45, 2.75) is 0 Å². The molecule has 0 amide bonds. The summed E-state index contributed by atoms with van der Waals surface area (Å²) in [4.78, 5) is 13.5. The van der Waals surface area contributed by atoms with Crippen molar-refractivity contribution in [1.29, 1.82) is 0 Å². The number of pyridine rings is 1. The molecule has 0 radical (unpaired) electrons. The monoisotopic (exact) mass is 165 g/mol. The van der Waals surface area contributed by atoms with Gasteiger partial charge < -0.3 is 0 Å². The van der Waals surface area contributed by atoms with Crippen molar-refractivity contribution in [3.63, 3.8) is 0 Å². The predicted molar refractivity (Wildman–Crippen MR) is 38.3 cm³/mol. The number of aromatic nitrogens is 4. The van der Waals surface area contributed by atoms with E-state index in [4.69, 9.17) is 0 Å². The van der Waals surface area contributed by atoms with Crippen LogP contribution in [0.25, 0.3) is 11.2 Å². The molecule has 12 heavy (non-hydrogen) atoms. The van der Waals surface area contributed by atoms with Crippen molar-refractivity contribution in [2.24, 2.45) is 0 Å². The zero-order valence-electron chi connectivity index (χ0n) is 5.76. The van der Waals surface area contributed by atoms with Crippen LogP contribution >= 0.6 is 0 Å². The molecule has 0 saturated heterocycles. The number of rotatable bonds is 1. The summed E-state index contributed by atoms with van der Waals surface area (Å²) < 4.78 is 0. The van der Waals surface area contributed by atoms with E-state index in [1.165, 1.54) is 6.07 Å². The normalized spacial score (nSPS) is 10.3. The lowest BCUT2D eigenvalue weighted by atomic mass is 10.4. The van der Waals surface area contributed by atoms with Gasteiger partial charge in [0.15, 0.2) is 0 Å². The van der Waals surface area contributed by atoms with E-state index >= 15 is 0 Å². The first kappa shape index (κ1) is 6.65. The zero-order valence-corrected chi connectivity index (χ0v) is 5.76. The lowest BCUT2D eigenvalue weighted by molar-refractivity contribution is -0.385. The SMILES string of the molecule is O=[N+]([O-])c1cnc2nn[nH]c2c1. The summed E-state index contributed by atoms with van der Waals surface area (Å²) in [5.41, 5.74) is 0.762. The fraction of sp³-hybridized carbons (Fsp3) is 0. The van der Waals surface area contributed by atoms with Gasteiger partial charge in [-0.2, -0.15) is 0 Å². The summed E-state index contributed by atoms with van der Waals surface area (Å²) in [6.45, 7) is 0. The van der Waals surface area contributed by atoms with Crippen LogP contribution < -0.4 is 0 Å². The Morgan fingerprint density at radius 2 is 2.42 bits per heavy atom. The van der Waals surface area contributed by atoms with Crippen LogP contribution in [0.4, 0.5) is 5.69 Å². The zero-order chi connectivity index (χ0) is 8.55. The van der Waals surface area contributed by atoms with Crippen molar-refractivity contribution < 1.29 is 4.92 Å². The number of nitrogens with one attached hydrogen (secondary N) is 1. The number of H-pyrrole nitrogens is 1. The Labute approximate surface area is 65.6 Å². The summed E-state index contributed by atoms with van der Waals surface area (Å²) in [6, 6.07) is 1.34. The van der Waals surface area contributed by atoms with E-state index in [9.17, 15) is 10.1 Å². The van der Waals surface area contributed by atoms with Crippen LogP contribution in [0, 0.1) is 10.1 Å². The minimum atomic E-state index is -0.521. The van der Waals surface area contributed by atoms with Gasteiger partial charge in [-0.1, -0.05) is 5.21 Å². The van der Waals surface area contributed by atoms with E-state index < -0.39 is 4.92 Å². The average Bonchev–Trinajstić information content (AvgIpc) is 2.49. The molecule has 7 heteroatoms. The van der Waals surface area contributed by atoms with E-state index in [-0.39, 0.29) is 5.69 Å². The van der Waals surface area contributed by atoms with Gasteiger partial charge in [-0.25, -0.2) is 4.98 Å². The number of nitro groups is 1. The van der Waals surface area contributed by atoms with Gasteiger partial charge >= 0.3 is 0 Å². The van der Waals surface area contributed by atoms with E-state index in [1.54, 1.807) is 0 Å². The standard InChI is InChI=1S/C5H3N5O2/c11-10(12)3-1-4-5(6-2-3)8-9-7-4/h1-2H,(H,6,7,8,9). The molecule has 2 aromatic rings. The van der Waals surface area contributed by atoms with Crippen LogP contribution in [-0.4, -0.2) is 25.3 Å². The van der Waals surface area contributed by atoms with Gasteiger partial charge in [0.1, 0.15) is 11.7 Å². The smallest absolute Gasteiger partial charge is 0.258 e. The maximum atomic E-state index is 10.3. The molecule has 0 fully saturated rings. The number of fused-ring (bicyclic) bond motifs is 1. The summed E-state index contributed by atoms with van der Waals surface area (Å²) in [5.74, 6) is 0. The second-order valence-corrected chi connectivity index (χ2v) is 2.13. The van der Waals surface area contributed by atoms with Crippen molar-refractivity contribution in [3.05, 3.63) is 22.4 Å². The lowest BCUT2D eigenvalue weighted by Gasteiger charge is -1.87. The molecule has 0 aliphatic rings. The molecule has 0 saturated carbocycles. The Kier molecular flexibility index (Phi) is 1.23. The van der Waals surface area contributed by atoms with Crippen molar-refractivity contribution in [1.82, 2.24) is 20.4 Å². The third-order valence-electron chi connectivity index (χ3n) is 1.38. The number of hydrogen-bond acceptors (Lipinski definition) is 5. The first-order chi connectivity index (χ1) is 5.77. The second kappa shape index (κ2) is 2.22. The van der Waals surface area contributed by atoms with E-state index in [0.29, 0.717) is 11.2 Å². The van der Waals surface area contributed by atoms with Crippen molar-refractivity contribution >= 4 is 16.9 Å². The van der Waals surface area contributed by atoms with Gasteiger partial charge in [0.05, 0.1) is 4.92 Å². The predicted octanol–water partition coefficient (Wildman–Crippen LogP) is 0.261. The van der Waals surface area contributed by atoms with Crippen molar-refractivity contribution in [3.8, 4) is 0 Å². The second-order valence-electron chi connectivity index (χ2n) is 2.13. The molecule has 2 heterocycles. The molecule has 2 rings (SSSR count). The summed E-state index contributed by atoms with van der Waals surface area (Å²) in [7, 11) is 0. The molecular weight excluding hydrogens is 162 g/mol. The van der Waals surface area contributed by atoms with Crippen molar-refractivity contribution in [2.75, 3.05) is 0 Å². The highest BCUT2D eigenvalue weighted by molar-refractivity contribution is 5.71. The van der Waals surface area contributed by atoms with Crippen LogP contribution in [0.2, 0.25) is 0 Å². The van der Waals surface area contributed by atoms with E-state index in [2.05, 4.69) is 20.4 Å². The highest BCUT2D eigenvalue weighted by atomic mass is 16.6. The summed E-state index contributed by atoms with van der Waals surface area (Å²) >= 11 is 0. The number of hydrogen-bond donors (Lipinski definition) is 1. The molecule has 0 bridgehead atoms. The minimum absolute atomic E-state index is 0.0754. The first-order valence-electron chi connectivity index (χ1n) is 3.08. The molecule has 0 atom stereocenters. The molecule has 1 N–H and O–H groups in total. The van der Waals surface area contributed by atoms with Crippen LogP contribution in [0.15, 0.2) is 12.3 Å². The maximum absolute atomic E-state index is 10.3. The quantitative estimate of drug-likeness (QED) is 0.482. The van der Waals surface area contributed by atoms with Gasteiger partial charge in [-0.15, -0.1) is 5.10 Å². The average molecular weight is 165 g/mol. The molecule has 0 unspecified atom stereocenters. The van der Waals surface area contributed by atoms with E-state index in [1.807, 2.05) is 0 Å². The molecule has 0 spiro atoms. The Bertz CT molecular complexity index is 436. The molecule has 0 aromatic carbocycles. The molecule has 2 aromatic heterocycles. The van der Waals surface area contributed by atoms with E-state index in [0.717, 1.165) is 6.20 Å². The van der Waals surface area contributed by atoms with Gasteiger partial charge in [0, 0.05) is 6.07 Å². The van der Waals surface area contributed by atoms with Crippen LogP contribution in [0.1, 0.15) is 0 Å². The fourth-order valence-electron chi connectivity index (χ4n) is 0.835. The maximum Gasteiger partial charge on any atom is 0.289 e. The number of aromatic amines is 1. The van der Waals surface area contributed by atoms with Gasteiger partial charge in [0.2, 0.25) is 5.65 Å². The van der Waals surface area contributed by atoms with Gasteiger partial charge in [-0.3, -0.25) is 15.2 Å². The van der Waals surface area contributed by atoms with Crippen LogP contribution in [0.5, 0.6) is 0 Å². The highest BCUT2D eigenvalue weighted by Crippen LogP contribution is 2.13. The largest absolute Gasteiger partial charge is 0.289 e. The molecule has 60 valence electrons. The molecule has 0 aliphatic carbocycles. The van der Waals surface area contributed by atoms with Crippen LogP contribution in [0.3, 0.4) is 0 Å². The Morgan fingerprint density at radius 1 is 1.58 bits per heavy atom. The molecule has 0 aliphatic heterocycles. The third kappa shape index (κ3) is 0.875.